The molecule has 4 fully saturated rings. The van der Waals surface area contributed by atoms with Crippen molar-refractivity contribution in [3.8, 4) is 0 Å². The molecular weight excluding hydrogens is 362 g/mol. The van der Waals surface area contributed by atoms with E-state index in [-0.39, 0.29) is 23.9 Å². The molecule has 0 aliphatic carbocycles. The summed E-state index contributed by atoms with van der Waals surface area (Å²) in [6, 6.07) is 4.37. The van der Waals surface area contributed by atoms with E-state index in [4.69, 9.17) is 0 Å². The summed E-state index contributed by atoms with van der Waals surface area (Å²) in [5.41, 5.74) is 1.42. The molecule has 1 amide bonds. The second-order valence-corrected chi connectivity index (χ2v) is 8.10. The van der Waals surface area contributed by atoms with E-state index in [0.717, 1.165) is 37.7 Å². The van der Waals surface area contributed by atoms with Crippen molar-refractivity contribution in [1.82, 2.24) is 19.8 Å². The predicted octanol–water partition coefficient (Wildman–Crippen LogP) is 2.77. The molecule has 2 aromatic rings. The van der Waals surface area contributed by atoms with Gasteiger partial charge < -0.3 is 4.90 Å². The molecule has 146 valence electrons. The van der Waals surface area contributed by atoms with Crippen LogP contribution in [-0.4, -0.2) is 57.4 Å². The number of fused-ring (bicyclic) bond motifs is 2. The third kappa shape index (κ3) is 2.64. The Morgan fingerprint density at radius 1 is 1.11 bits per heavy atom. The number of benzene rings is 1. The highest BCUT2D eigenvalue weighted by atomic mass is 19.2. The van der Waals surface area contributed by atoms with Crippen LogP contribution in [-0.2, 0) is 0 Å². The maximum absolute atomic E-state index is 14.6. The fourth-order valence-electron chi connectivity index (χ4n) is 5.38. The number of nitrogens with zero attached hydrogens (tertiary/aromatic N) is 4. The predicted molar refractivity (Wildman–Crippen MR) is 98.8 cm³/mol. The van der Waals surface area contributed by atoms with Gasteiger partial charge in [-0.1, -0.05) is 12.1 Å². The van der Waals surface area contributed by atoms with Crippen LogP contribution in [0.1, 0.15) is 40.5 Å². The molecule has 4 saturated heterocycles. The highest BCUT2D eigenvalue weighted by molar-refractivity contribution is 5.92. The van der Waals surface area contributed by atoms with Gasteiger partial charge >= 0.3 is 0 Å². The fraction of sp³-hybridized carbons (Fsp3) is 0.476. The minimum atomic E-state index is -0.834. The van der Waals surface area contributed by atoms with Gasteiger partial charge in [0.05, 0.1) is 17.9 Å². The monoisotopic (exact) mass is 384 g/mol. The number of aromatic nitrogens is 2. The van der Waals surface area contributed by atoms with Gasteiger partial charge in [-0.05, 0) is 50.4 Å². The number of rotatable bonds is 2. The first kappa shape index (κ1) is 17.7. The first-order valence-corrected chi connectivity index (χ1v) is 9.82. The van der Waals surface area contributed by atoms with Gasteiger partial charge in [-0.2, -0.15) is 0 Å². The van der Waals surface area contributed by atoms with Crippen LogP contribution in [0, 0.1) is 24.5 Å². The summed E-state index contributed by atoms with van der Waals surface area (Å²) in [5, 5.41) is 0. The van der Waals surface area contributed by atoms with Crippen molar-refractivity contribution in [2.75, 3.05) is 19.6 Å². The lowest BCUT2D eigenvalue weighted by Gasteiger charge is -2.51. The zero-order valence-electron chi connectivity index (χ0n) is 15.7. The van der Waals surface area contributed by atoms with Gasteiger partial charge in [0.25, 0.3) is 5.91 Å². The van der Waals surface area contributed by atoms with Gasteiger partial charge in [0.1, 0.15) is 5.69 Å². The van der Waals surface area contributed by atoms with Crippen molar-refractivity contribution in [2.45, 2.75) is 37.8 Å². The number of likely N-dealkylation sites (tertiary alicyclic amines) is 1. The average molecular weight is 384 g/mol. The van der Waals surface area contributed by atoms with Crippen LogP contribution >= 0.6 is 0 Å². The summed E-state index contributed by atoms with van der Waals surface area (Å²) in [6.45, 7) is 4.09. The molecule has 0 unspecified atom stereocenters. The van der Waals surface area contributed by atoms with Gasteiger partial charge in [0.2, 0.25) is 0 Å². The highest BCUT2D eigenvalue weighted by Crippen LogP contribution is 2.47. The van der Waals surface area contributed by atoms with Gasteiger partial charge in [0, 0.05) is 24.7 Å². The third-order valence-corrected chi connectivity index (χ3v) is 6.64. The van der Waals surface area contributed by atoms with E-state index >= 15 is 0 Å². The minimum absolute atomic E-state index is 0.00534. The summed E-state index contributed by atoms with van der Waals surface area (Å²) in [7, 11) is 0. The number of amides is 1. The van der Waals surface area contributed by atoms with Gasteiger partial charge in [-0.3, -0.25) is 14.7 Å². The Hall–Kier alpha value is -2.41. The molecule has 5 heterocycles. The van der Waals surface area contributed by atoms with E-state index in [1.54, 1.807) is 18.3 Å². The van der Waals surface area contributed by atoms with Gasteiger partial charge in [-0.25, -0.2) is 13.8 Å². The SMILES string of the molecule is Cc1cnc(C(=O)N2C[C@H](c3cccc(F)c3F)[C@@H]3[C@H]2C2CCN3CC2)cn1. The quantitative estimate of drug-likeness (QED) is 0.799. The van der Waals surface area contributed by atoms with E-state index in [1.807, 2.05) is 11.8 Å². The lowest BCUT2D eigenvalue weighted by molar-refractivity contribution is -0.00378. The lowest BCUT2D eigenvalue weighted by Crippen LogP contribution is -2.60. The van der Waals surface area contributed by atoms with Crippen molar-refractivity contribution in [1.29, 1.82) is 0 Å². The molecule has 1 aromatic heterocycles. The van der Waals surface area contributed by atoms with E-state index in [2.05, 4.69) is 14.9 Å². The Kier molecular flexibility index (Phi) is 4.16. The third-order valence-electron chi connectivity index (χ3n) is 6.64. The zero-order valence-corrected chi connectivity index (χ0v) is 15.7. The van der Waals surface area contributed by atoms with E-state index in [1.165, 1.54) is 6.20 Å². The zero-order chi connectivity index (χ0) is 19.4. The second-order valence-electron chi connectivity index (χ2n) is 8.10. The van der Waals surface area contributed by atoms with E-state index < -0.39 is 11.6 Å². The summed E-state index contributed by atoms with van der Waals surface area (Å²) >= 11 is 0. The number of carbonyl (C=O) groups excluding carboxylic acids is 1. The molecule has 1 aromatic carbocycles. The molecule has 5 nitrogen and oxygen atoms in total. The fourth-order valence-corrected chi connectivity index (χ4v) is 5.38. The van der Waals surface area contributed by atoms with Crippen LogP contribution in [0.25, 0.3) is 0 Å². The molecule has 0 saturated carbocycles. The van der Waals surface area contributed by atoms with Gasteiger partial charge in [-0.15, -0.1) is 0 Å². The van der Waals surface area contributed by atoms with Crippen LogP contribution in [0.2, 0.25) is 0 Å². The maximum atomic E-state index is 14.6. The van der Waals surface area contributed by atoms with Crippen molar-refractivity contribution < 1.29 is 13.6 Å². The Bertz CT molecular complexity index is 911. The Morgan fingerprint density at radius 3 is 2.61 bits per heavy atom. The molecule has 0 radical (unpaired) electrons. The largest absolute Gasteiger partial charge is 0.332 e. The second kappa shape index (κ2) is 6.58. The molecular formula is C21H22F2N4O. The van der Waals surface area contributed by atoms with Crippen molar-refractivity contribution in [3.63, 3.8) is 0 Å². The molecule has 2 bridgehead atoms. The van der Waals surface area contributed by atoms with Crippen LogP contribution < -0.4 is 0 Å². The number of aryl methyl sites for hydroxylation is 1. The topological polar surface area (TPSA) is 49.3 Å². The highest BCUT2D eigenvalue weighted by Gasteiger charge is 2.55. The Morgan fingerprint density at radius 2 is 1.89 bits per heavy atom. The molecule has 0 spiro atoms. The van der Waals surface area contributed by atoms with E-state index in [0.29, 0.717) is 23.7 Å². The maximum Gasteiger partial charge on any atom is 0.274 e. The Labute approximate surface area is 162 Å². The summed E-state index contributed by atoms with van der Waals surface area (Å²) in [6.07, 6.45) is 5.15. The van der Waals surface area contributed by atoms with Crippen LogP contribution in [0.3, 0.4) is 0 Å². The number of piperidine rings is 3. The van der Waals surface area contributed by atoms with Crippen LogP contribution in [0.15, 0.2) is 30.6 Å². The first-order valence-electron chi connectivity index (χ1n) is 9.82. The number of carbonyl (C=O) groups is 1. The van der Waals surface area contributed by atoms with Crippen LogP contribution in [0.5, 0.6) is 0 Å². The molecule has 6 rings (SSSR count). The standard InChI is InChI=1S/C21H22F2N4O/c1-12-9-25-17(10-24-12)21(28)27-11-15(14-3-2-4-16(22)18(14)23)20-19(27)13-5-7-26(20)8-6-13/h2-4,9-10,13,15,19-20H,5-8,11H2,1H3/t15-,19-,20-/m1/s1. The van der Waals surface area contributed by atoms with E-state index in [9.17, 15) is 13.6 Å². The summed E-state index contributed by atoms with van der Waals surface area (Å²) in [5.74, 6) is -1.65. The number of hydrogen-bond acceptors (Lipinski definition) is 4. The smallest absolute Gasteiger partial charge is 0.274 e. The molecule has 4 aliphatic rings. The van der Waals surface area contributed by atoms with Crippen molar-refractivity contribution in [3.05, 3.63) is 59.2 Å². The molecule has 7 heteroatoms. The van der Waals surface area contributed by atoms with Crippen molar-refractivity contribution in [2.24, 2.45) is 5.92 Å². The average Bonchev–Trinajstić information content (AvgIpc) is 3.14. The van der Waals surface area contributed by atoms with Gasteiger partial charge in [0.15, 0.2) is 11.6 Å². The summed E-state index contributed by atoms with van der Waals surface area (Å²) in [4.78, 5) is 25.9. The van der Waals surface area contributed by atoms with Crippen LogP contribution in [0.4, 0.5) is 8.78 Å². The Balaban J connectivity index is 1.55. The summed E-state index contributed by atoms with van der Waals surface area (Å²) < 4.78 is 28.5. The minimum Gasteiger partial charge on any atom is -0.332 e. The van der Waals surface area contributed by atoms with Crippen molar-refractivity contribution >= 4 is 5.91 Å². The normalized spacial score (nSPS) is 31.1. The first-order chi connectivity index (χ1) is 13.5. The molecule has 3 atom stereocenters. The number of hydrogen-bond donors (Lipinski definition) is 0. The molecule has 4 aliphatic heterocycles. The number of halogens is 2. The molecule has 0 N–H and O–H groups in total. The lowest BCUT2D eigenvalue weighted by atomic mass is 9.75. The molecule has 28 heavy (non-hydrogen) atoms.